The van der Waals surface area contributed by atoms with Gasteiger partial charge in [-0.3, -0.25) is 0 Å². The second-order valence-electron chi connectivity index (χ2n) is 8.14. The Morgan fingerprint density at radius 1 is 1.06 bits per heavy atom. The van der Waals surface area contributed by atoms with Crippen molar-refractivity contribution in [3.8, 4) is 11.1 Å². The van der Waals surface area contributed by atoms with Crippen molar-refractivity contribution < 1.29 is 26.7 Å². The molecule has 0 unspecified atom stereocenters. The summed E-state index contributed by atoms with van der Waals surface area (Å²) in [6.45, 7) is 2.33. The molecule has 1 aliphatic rings. The summed E-state index contributed by atoms with van der Waals surface area (Å²) >= 11 is 0. The third-order valence-corrected chi connectivity index (χ3v) is 7.40. The number of aromatic nitrogens is 2. The lowest BCUT2D eigenvalue weighted by Gasteiger charge is -2.28. The van der Waals surface area contributed by atoms with Gasteiger partial charge in [0.05, 0.1) is 11.0 Å². The van der Waals surface area contributed by atoms with Crippen molar-refractivity contribution in [2.24, 2.45) is 0 Å². The molecular formula is C23H23F3N4O3S. The summed E-state index contributed by atoms with van der Waals surface area (Å²) < 4.78 is 66.4. The molecular weight excluding hydrogens is 469 g/mol. The largest absolute Gasteiger partial charge is 0.433 e. The van der Waals surface area contributed by atoms with Gasteiger partial charge in [-0.2, -0.15) is 17.5 Å². The number of anilines is 2. The molecule has 0 atom stereocenters. The fourth-order valence-electron chi connectivity index (χ4n) is 3.80. The zero-order chi connectivity index (χ0) is 24.5. The van der Waals surface area contributed by atoms with Gasteiger partial charge in [0.2, 0.25) is 16.0 Å². The first-order chi connectivity index (χ1) is 16.0. The Morgan fingerprint density at radius 3 is 2.50 bits per heavy atom. The molecule has 1 fully saturated rings. The number of hydrogen-bond donors (Lipinski definition) is 2. The normalized spacial score (nSPS) is 15.9. The number of halogens is 3. The maximum Gasteiger partial charge on any atom is 0.433 e. The number of nitrogens with zero attached hydrogens (tertiary/aromatic N) is 3. The van der Waals surface area contributed by atoms with E-state index in [-0.39, 0.29) is 23.9 Å². The molecule has 4 rings (SSSR count). The zero-order valence-electron chi connectivity index (χ0n) is 18.2. The lowest BCUT2D eigenvalue weighted by Crippen LogP contribution is -2.39. The monoisotopic (exact) mass is 492 g/mol. The Morgan fingerprint density at radius 2 is 1.79 bits per heavy atom. The van der Waals surface area contributed by atoms with Gasteiger partial charge in [-0.15, -0.1) is 0 Å². The molecule has 0 radical (unpaired) electrons. The molecule has 11 heteroatoms. The standard InChI is InChI=1S/C23H23F3N4O3S/c1-15-11-17(13-18(12-15)28-22-27-8-5-21(29-22)23(24,25)26)16-3-2-4-20(14-16)34(32,33)30-9-6-19(31)7-10-30/h2-5,8,11-14,19,31H,6-7,9-10H2,1H3,(H,27,28,29). The van der Waals surface area contributed by atoms with E-state index in [0.29, 0.717) is 29.7 Å². The molecule has 3 aromatic rings. The number of aryl methyl sites for hydroxylation is 1. The maximum atomic E-state index is 13.1. The number of piperidine rings is 1. The Balaban J connectivity index is 1.62. The second-order valence-corrected chi connectivity index (χ2v) is 10.1. The van der Waals surface area contributed by atoms with Crippen LogP contribution in [0.5, 0.6) is 0 Å². The number of aliphatic hydroxyl groups is 1. The highest BCUT2D eigenvalue weighted by Gasteiger charge is 2.33. The van der Waals surface area contributed by atoms with Gasteiger partial charge in [-0.1, -0.05) is 18.2 Å². The minimum atomic E-state index is -4.59. The topological polar surface area (TPSA) is 95.4 Å². The first kappa shape index (κ1) is 24.1. The van der Waals surface area contributed by atoms with Crippen LogP contribution >= 0.6 is 0 Å². The van der Waals surface area contributed by atoms with Crippen molar-refractivity contribution in [2.45, 2.75) is 36.9 Å². The van der Waals surface area contributed by atoms with Crippen LogP contribution in [-0.4, -0.2) is 47.0 Å². The third-order valence-electron chi connectivity index (χ3n) is 5.51. The summed E-state index contributed by atoms with van der Waals surface area (Å²) in [7, 11) is -3.72. The second kappa shape index (κ2) is 9.32. The summed E-state index contributed by atoms with van der Waals surface area (Å²) in [6, 6.07) is 12.6. The van der Waals surface area contributed by atoms with Gasteiger partial charge in [-0.25, -0.2) is 18.4 Å². The Kier molecular flexibility index (Phi) is 6.61. The highest BCUT2D eigenvalue weighted by molar-refractivity contribution is 7.89. The number of aliphatic hydroxyl groups excluding tert-OH is 1. The van der Waals surface area contributed by atoms with Gasteiger partial charge in [0, 0.05) is 25.0 Å². The highest BCUT2D eigenvalue weighted by Crippen LogP contribution is 2.31. The number of benzene rings is 2. The molecule has 2 aromatic carbocycles. The van der Waals surface area contributed by atoms with E-state index in [9.17, 15) is 26.7 Å². The molecule has 1 aromatic heterocycles. The van der Waals surface area contributed by atoms with Crippen molar-refractivity contribution in [2.75, 3.05) is 18.4 Å². The summed E-state index contributed by atoms with van der Waals surface area (Å²) in [5.41, 5.74) is 1.54. The molecule has 180 valence electrons. The van der Waals surface area contributed by atoms with Crippen LogP contribution in [0.4, 0.5) is 24.8 Å². The lowest BCUT2D eigenvalue weighted by molar-refractivity contribution is -0.141. The molecule has 0 spiro atoms. The van der Waals surface area contributed by atoms with E-state index in [0.717, 1.165) is 17.8 Å². The van der Waals surface area contributed by atoms with Gasteiger partial charge < -0.3 is 10.4 Å². The molecule has 2 heterocycles. The van der Waals surface area contributed by atoms with Gasteiger partial charge >= 0.3 is 6.18 Å². The predicted octanol–water partition coefficient (Wildman–Crippen LogP) is 4.36. The van der Waals surface area contributed by atoms with Crippen molar-refractivity contribution >= 4 is 21.7 Å². The molecule has 0 saturated carbocycles. The van der Waals surface area contributed by atoms with E-state index >= 15 is 0 Å². The summed E-state index contributed by atoms with van der Waals surface area (Å²) in [4.78, 5) is 7.52. The predicted molar refractivity (Wildman–Crippen MR) is 121 cm³/mol. The van der Waals surface area contributed by atoms with Crippen LogP contribution in [0.3, 0.4) is 0 Å². The van der Waals surface area contributed by atoms with E-state index in [1.165, 1.54) is 10.4 Å². The number of rotatable bonds is 5. The summed E-state index contributed by atoms with van der Waals surface area (Å²) in [6.07, 6.45) is -3.26. The first-order valence-corrected chi connectivity index (χ1v) is 12.0. The molecule has 0 aliphatic carbocycles. The van der Waals surface area contributed by atoms with Gasteiger partial charge in [-0.05, 0) is 66.8 Å². The van der Waals surface area contributed by atoms with Crippen LogP contribution < -0.4 is 5.32 Å². The Hall–Kier alpha value is -3.02. The van der Waals surface area contributed by atoms with Crippen LogP contribution in [0.15, 0.2) is 59.6 Å². The zero-order valence-corrected chi connectivity index (χ0v) is 19.1. The quantitative estimate of drug-likeness (QED) is 0.550. The highest BCUT2D eigenvalue weighted by atomic mass is 32.2. The SMILES string of the molecule is Cc1cc(Nc2nccc(C(F)(F)F)n2)cc(-c2cccc(S(=O)(=O)N3CCC(O)CC3)c2)c1. The molecule has 0 amide bonds. The van der Waals surface area contributed by atoms with Crippen LogP contribution in [0.25, 0.3) is 11.1 Å². The van der Waals surface area contributed by atoms with Crippen LogP contribution in [0, 0.1) is 6.92 Å². The summed E-state index contributed by atoms with van der Waals surface area (Å²) in [5.74, 6) is -0.199. The van der Waals surface area contributed by atoms with E-state index in [2.05, 4.69) is 15.3 Å². The number of sulfonamides is 1. The van der Waals surface area contributed by atoms with Gasteiger partial charge in [0.15, 0.2) is 0 Å². The molecule has 1 saturated heterocycles. The van der Waals surface area contributed by atoms with E-state index in [4.69, 9.17) is 0 Å². The van der Waals surface area contributed by atoms with E-state index in [1.54, 1.807) is 30.3 Å². The van der Waals surface area contributed by atoms with Crippen molar-refractivity contribution in [1.29, 1.82) is 0 Å². The maximum absolute atomic E-state index is 13.1. The van der Waals surface area contributed by atoms with E-state index < -0.39 is 28.0 Å². The van der Waals surface area contributed by atoms with Gasteiger partial charge in [0.1, 0.15) is 5.69 Å². The minimum Gasteiger partial charge on any atom is -0.393 e. The fourth-order valence-corrected chi connectivity index (χ4v) is 5.31. The molecule has 0 bridgehead atoms. The van der Waals surface area contributed by atoms with Gasteiger partial charge in [0.25, 0.3) is 0 Å². The summed E-state index contributed by atoms with van der Waals surface area (Å²) in [5, 5.41) is 12.5. The van der Waals surface area contributed by atoms with Crippen LogP contribution in [0.2, 0.25) is 0 Å². The molecule has 7 nitrogen and oxygen atoms in total. The third kappa shape index (κ3) is 5.37. The number of hydrogen-bond acceptors (Lipinski definition) is 6. The number of nitrogens with one attached hydrogen (secondary N) is 1. The van der Waals surface area contributed by atoms with Crippen molar-refractivity contribution in [3.63, 3.8) is 0 Å². The Bertz CT molecular complexity index is 1290. The molecule has 1 aliphatic heterocycles. The van der Waals surface area contributed by atoms with E-state index in [1.807, 2.05) is 13.0 Å². The fraction of sp³-hybridized carbons (Fsp3) is 0.304. The smallest absolute Gasteiger partial charge is 0.393 e. The average molecular weight is 493 g/mol. The average Bonchev–Trinajstić information content (AvgIpc) is 2.79. The van der Waals surface area contributed by atoms with Crippen LogP contribution in [-0.2, 0) is 16.2 Å². The molecule has 2 N–H and O–H groups in total. The molecule has 34 heavy (non-hydrogen) atoms. The minimum absolute atomic E-state index is 0.138. The lowest BCUT2D eigenvalue weighted by atomic mass is 10.0. The first-order valence-electron chi connectivity index (χ1n) is 10.6. The number of alkyl halides is 3. The van der Waals surface area contributed by atoms with Crippen molar-refractivity contribution in [3.05, 3.63) is 66.0 Å². The van der Waals surface area contributed by atoms with Crippen LogP contribution in [0.1, 0.15) is 24.1 Å². The Labute approximate surface area is 195 Å². The van der Waals surface area contributed by atoms with Crippen molar-refractivity contribution in [1.82, 2.24) is 14.3 Å².